The topological polar surface area (TPSA) is 64.0 Å². The van der Waals surface area contributed by atoms with Crippen LogP contribution >= 0.6 is 11.6 Å². The molecule has 0 fully saturated rings. The van der Waals surface area contributed by atoms with Crippen LogP contribution in [0.1, 0.15) is 18.3 Å². The van der Waals surface area contributed by atoms with Crippen molar-refractivity contribution < 1.29 is 8.42 Å². The van der Waals surface area contributed by atoms with Crippen LogP contribution in [-0.4, -0.2) is 24.5 Å². The number of hydrogen-bond acceptors (Lipinski definition) is 4. The van der Waals surface area contributed by atoms with Crippen molar-refractivity contribution >= 4 is 27.1 Å². The molecule has 0 radical (unpaired) electrons. The molecule has 114 valence electrons. The third kappa shape index (κ3) is 3.57. The maximum atomic E-state index is 11.4. The zero-order chi connectivity index (χ0) is 15.6. The molecule has 0 spiro atoms. The van der Waals surface area contributed by atoms with Crippen LogP contribution in [-0.2, 0) is 22.9 Å². The fourth-order valence-corrected chi connectivity index (χ4v) is 2.88. The van der Waals surface area contributed by atoms with Crippen molar-refractivity contribution in [1.29, 1.82) is 0 Å². The fraction of sp³-hybridized carbons (Fsp3) is 0.357. The number of nitrogens with one attached hydrogen (secondary N) is 1. The SMILES string of the molecule is CCn1nc(C)c(Cl)c1CNc1ccc(S(C)(=O)=O)cc1. The van der Waals surface area contributed by atoms with Gasteiger partial charge in [0.25, 0.3) is 0 Å². The van der Waals surface area contributed by atoms with Crippen molar-refractivity contribution in [3.8, 4) is 0 Å². The summed E-state index contributed by atoms with van der Waals surface area (Å²) < 4.78 is 24.7. The van der Waals surface area contributed by atoms with Crippen LogP contribution in [0.5, 0.6) is 0 Å². The van der Waals surface area contributed by atoms with Gasteiger partial charge in [-0.3, -0.25) is 4.68 Å². The molecule has 0 aliphatic heterocycles. The second-order valence-corrected chi connectivity index (χ2v) is 7.21. The Balaban J connectivity index is 2.14. The van der Waals surface area contributed by atoms with Crippen LogP contribution in [0.15, 0.2) is 29.2 Å². The number of rotatable bonds is 5. The average Bonchev–Trinajstić information content (AvgIpc) is 2.71. The molecule has 0 aliphatic rings. The van der Waals surface area contributed by atoms with Crippen molar-refractivity contribution in [2.24, 2.45) is 0 Å². The van der Waals surface area contributed by atoms with E-state index in [9.17, 15) is 8.42 Å². The number of anilines is 1. The smallest absolute Gasteiger partial charge is 0.175 e. The number of benzene rings is 1. The molecule has 1 aromatic carbocycles. The largest absolute Gasteiger partial charge is 0.379 e. The summed E-state index contributed by atoms with van der Waals surface area (Å²) in [6.45, 7) is 5.16. The van der Waals surface area contributed by atoms with Crippen LogP contribution < -0.4 is 5.32 Å². The lowest BCUT2D eigenvalue weighted by Gasteiger charge is -2.09. The van der Waals surface area contributed by atoms with E-state index in [4.69, 9.17) is 11.6 Å². The molecule has 0 amide bonds. The normalized spacial score (nSPS) is 11.6. The highest BCUT2D eigenvalue weighted by atomic mass is 35.5. The summed E-state index contributed by atoms with van der Waals surface area (Å²) in [7, 11) is -3.16. The number of hydrogen-bond donors (Lipinski definition) is 1. The van der Waals surface area contributed by atoms with Gasteiger partial charge >= 0.3 is 0 Å². The molecule has 1 N–H and O–H groups in total. The lowest BCUT2D eigenvalue weighted by Crippen LogP contribution is -2.08. The Kier molecular flexibility index (Phi) is 4.58. The van der Waals surface area contributed by atoms with E-state index in [1.807, 2.05) is 18.5 Å². The van der Waals surface area contributed by atoms with Gasteiger partial charge in [0.05, 0.1) is 27.9 Å². The molecule has 0 unspecified atom stereocenters. The van der Waals surface area contributed by atoms with E-state index in [1.54, 1.807) is 24.3 Å². The van der Waals surface area contributed by atoms with E-state index in [1.165, 1.54) is 6.26 Å². The minimum absolute atomic E-state index is 0.306. The predicted octanol–water partition coefficient (Wildman–Crippen LogP) is 2.88. The molecule has 0 aliphatic carbocycles. The zero-order valence-corrected chi connectivity index (χ0v) is 13.8. The van der Waals surface area contributed by atoms with Gasteiger partial charge in [-0.15, -0.1) is 0 Å². The highest BCUT2D eigenvalue weighted by Gasteiger charge is 2.12. The molecular weight excluding hydrogens is 310 g/mol. The van der Waals surface area contributed by atoms with Crippen LogP contribution in [0.25, 0.3) is 0 Å². The van der Waals surface area contributed by atoms with Gasteiger partial charge in [0.2, 0.25) is 0 Å². The molecular formula is C14H18ClN3O2S. The molecule has 1 aromatic heterocycles. The highest BCUT2D eigenvalue weighted by molar-refractivity contribution is 7.90. The first-order valence-electron chi connectivity index (χ1n) is 6.58. The predicted molar refractivity (Wildman–Crippen MR) is 84.5 cm³/mol. The van der Waals surface area contributed by atoms with Gasteiger partial charge in [-0.05, 0) is 38.1 Å². The molecule has 2 rings (SSSR count). The van der Waals surface area contributed by atoms with Gasteiger partial charge in [-0.2, -0.15) is 5.10 Å². The maximum absolute atomic E-state index is 11.4. The first-order chi connectivity index (χ1) is 9.82. The minimum atomic E-state index is -3.16. The lowest BCUT2D eigenvalue weighted by molar-refractivity contribution is 0.602. The van der Waals surface area contributed by atoms with Crippen molar-refractivity contribution in [2.45, 2.75) is 31.8 Å². The van der Waals surface area contributed by atoms with E-state index < -0.39 is 9.84 Å². The summed E-state index contributed by atoms with van der Waals surface area (Å²) in [5.41, 5.74) is 2.56. The Bertz CT molecular complexity index is 736. The van der Waals surface area contributed by atoms with Crippen LogP contribution in [0.3, 0.4) is 0 Å². The Hall–Kier alpha value is -1.53. The number of aromatic nitrogens is 2. The molecule has 0 bridgehead atoms. The van der Waals surface area contributed by atoms with Crippen molar-refractivity contribution in [1.82, 2.24) is 9.78 Å². The minimum Gasteiger partial charge on any atom is -0.379 e. The number of sulfone groups is 1. The molecule has 0 atom stereocenters. The van der Waals surface area contributed by atoms with Crippen LogP contribution in [0, 0.1) is 6.92 Å². The maximum Gasteiger partial charge on any atom is 0.175 e. The van der Waals surface area contributed by atoms with Crippen molar-refractivity contribution in [2.75, 3.05) is 11.6 Å². The molecule has 0 saturated carbocycles. The fourth-order valence-electron chi connectivity index (χ4n) is 2.04. The Morgan fingerprint density at radius 1 is 1.29 bits per heavy atom. The first kappa shape index (κ1) is 15.9. The summed E-state index contributed by atoms with van der Waals surface area (Å²) in [6, 6.07) is 6.65. The molecule has 2 aromatic rings. The third-order valence-electron chi connectivity index (χ3n) is 3.20. The van der Waals surface area contributed by atoms with Gasteiger partial charge in [0.15, 0.2) is 9.84 Å². The van der Waals surface area contributed by atoms with E-state index in [0.717, 1.165) is 23.6 Å². The quantitative estimate of drug-likeness (QED) is 0.917. The summed E-state index contributed by atoms with van der Waals surface area (Å²) in [6.07, 6.45) is 1.19. The monoisotopic (exact) mass is 327 g/mol. The Morgan fingerprint density at radius 2 is 1.90 bits per heavy atom. The van der Waals surface area contributed by atoms with Crippen molar-refractivity contribution in [3.05, 3.63) is 40.7 Å². The second kappa shape index (κ2) is 6.07. The average molecular weight is 328 g/mol. The summed E-state index contributed by atoms with van der Waals surface area (Å²) in [5.74, 6) is 0. The van der Waals surface area contributed by atoms with E-state index in [0.29, 0.717) is 16.5 Å². The summed E-state index contributed by atoms with van der Waals surface area (Å²) in [4.78, 5) is 0.306. The summed E-state index contributed by atoms with van der Waals surface area (Å²) >= 11 is 6.24. The van der Waals surface area contributed by atoms with Crippen LogP contribution in [0.2, 0.25) is 5.02 Å². The van der Waals surface area contributed by atoms with Gasteiger partial charge < -0.3 is 5.32 Å². The van der Waals surface area contributed by atoms with Gasteiger partial charge in [0.1, 0.15) is 0 Å². The van der Waals surface area contributed by atoms with E-state index >= 15 is 0 Å². The first-order valence-corrected chi connectivity index (χ1v) is 8.85. The highest BCUT2D eigenvalue weighted by Crippen LogP contribution is 2.22. The molecule has 0 saturated heterocycles. The summed E-state index contributed by atoms with van der Waals surface area (Å²) in [5, 5.41) is 8.25. The standard InChI is InChI=1S/C14H18ClN3O2S/c1-4-18-13(14(15)10(2)17-18)9-16-11-5-7-12(8-6-11)21(3,19)20/h5-8,16H,4,9H2,1-3H3. The molecule has 5 nitrogen and oxygen atoms in total. The van der Waals surface area contributed by atoms with E-state index in [2.05, 4.69) is 10.4 Å². The Morgan fingerprint density at radius 3 is 2.43 bits per heavy atom. The van der Waals surface area contributed by atoms with Gasteiger partial charge in [-0.25, -0.2) is 8.42 Å². The zero-order valence-electron chi connectivity index (χ0n) is 12.2. The molecule has 1 heterocycles. The lowest BCUT2D eigenvalue weighted by atomic mass is 10.3. The number of aryl methyl sites for hydroxylation is 2. The number of halogens is 1. The van der Waals surface area contributed by atoms with Gasteiger partial charge in [0, 0.05) is 18.5 Å². The third-order valence-corrected chi connectivity index (χ3v) is 4.82. The Labute approximate surface area is 129 Å². The molecule has 21 heavy (non-hydrogen) atoms. The molecule has 7 heteroatoms. The van der Waals surface area contributed by atoms with E-state index in [-0.39, 0.29) is 0 Å². The van der Waals surface area contributed by atoms with Crippen LogP contribution in [0.4, 0.5) is 5.69 Å². The second-order valence-electron chi connectivity index (χ2n) is 4.81. The van der Waals surface area contributed by atoms with Crippen molar-refractivity contribution in [3.63, 3.8) is 0 Å². The van der Waals surface area contributed by atoms with Gasteiger partial charge in [-0.1, -0.05) is 11.6 Å². The number of nitrogens with zero attached hydrogens (tertiary/aromatic N) is 2.